The largest absolute Gasteiger partial charge is 0.381 e. The first-order valence-electron chi connectivity index (χ1n) is 11.5. The molecule has 1 heterocycles. The first-order valence-corrected chi connectivity index (χ1v) is 11.5. The third kappa shape index (κ3) is 6.69. The van der Waals surface area contributed by atoms with Gasteiger partial charge in [0.1, 0.15) is 0 Å². The molecule has 0 spiro atoms. The van der Waals surface area contributed by atoms with Gasteiger partial charge >= 0.3 is 0 Å². The van der Waals surface area contributed by atoms with Gasteiger partial charge in [-0.1, -0.05) is 57.4 Å². The Hall–Kier alpha value is -2.14. The van der Waals surface area contributed by atoms with Crippen LogP contribution in [0.25, 0.3) is 11.1 Å². The Balaban J connectivity index is 1.43. The lowest BCUT2D eigenvalue weighted by Crippen LogP contribution is -2.43. The average Bonchev–Trinajstić information content (AvgIpc) is 3.19. The minimum atomic E-state index is 0.258. The molecule has 5 heteroatoms. The summed E-state index contributed by atoms with van der Waals surface area (Å²) in [7, 11) is 1.93. The molecule has 1 saturated carbocycles. The summed E-state index contributed by atoms with van der Waals surface area (Å²) in [5.41, 5.74) is 3.54. The number of aromatic nitrogens is 2. The fourth-order valence-corrected chi connectivity index (χ4v) is 4.31. The van der Waals surface area contributed by atoms with E-state index in [1.54, 1.807) is 0 Å². The highest BCUT2D eigenvalue weighted by atomic mass is 16.5. The van der Waals surface area contributed by atoms with E-state index in [1.807, 2.05) is 24.1 Å². The molecule has 1 aromatic carbocycles. The maximum Gasteiger partial charge on any atom is 0.225 e. The molecule has 0 radical (unpaired) electrons. The van der Waals surface area contributed by atoms with Gasteiger partial charge in [-0.05, 0) is 36.3 Å². The van der Waals surface area contributed by atoms with E-state index < -0.39 is 0 Å². The fourth-order valence-electron chi connectivity index (χ4n) is 4.31. The minimum Gasteiger partial charge on any atom is -0.381 e. The van der Waals surface area contributed by atoms with Gasteiger partial charge in [0.05, 0.1) is 25.8 Å². The smallest absolute Gasteiger partial charge is 0.225 e. The normalized spacial score (nSPS) is 14.9. The van der Waals surface area contributed by atoms with Gasteiger partial charge in [-0.2, -0.15) is 5.10 Å². The quantitative estimate of drug-likeness (QED) is 0.525. The van der Waals surface area contributed by atoms with E-state index in [2.05, 4.69) is 48.1 Å². The zero-order valence-electron chi connectivity index (χ0n) is 18.8. The molecule has 1 aliphatic carbocycles. The van der Waals surface area contributed by atoms with Gasteiger partial charge in [0, 0.05) is 31.4 Å². The van der Waals surface area contributed by atoms with Crippen LogP contribution in [0.2, 0.25) is 0 Å². The lowest BCUT2D eigenvalue weighted by Gasteiger charge is -2.35. The van der Waals surface area contributed by atoms with Gasteiger partial charge in [-0.25, -0.2) is 0 Å². The third-order valence-electron chi connectivity index (χ3n) is 5.86. The molecule has 0 bridgehead atoms. The van der Waals surface area contributed by atoms with Gasteiger partial charge in [0.2, 0.25) is 5.91 Å². The number of hydrogen-bond acceptors (Lipinski definition) is 3. The summed E-state index contributed by atoms with van der Waals surface area (Å²) in [6.07, 6.45) is 11.4. The van der Waals surface area contributed by atoms with E-state index >= 15 is 0 Å². The topological polar surface area (TPSA) is 47.4 Å². The van der Waals surface area contributed by atoms with Gasteiger partial charge in [0.15, 0.2) is 0 Å². The average molecular weight is 412 g/mol. The van der Waals surface area contributed by atoms with E-state index in [-0.39, 0.29) is 5.91 Å². The standard InChI is InChI=1S/C25H37N3O2/c1-20(2)18-28(24-10-5-4-6-11-24)25(29)13-15-30-14-12-21-8-7-9-22(16-21)23-17-26-27(3)19-23/h7-9,16-17,19-20,24H,4-6,10-15,18H2,1-3H3. The van der Waals surface area contributed by atoms with Crippen LogP contribution in [0.15, 0.2) is 36.7 Å². The Labute approximate surface area is 181 Å². The van der Waals surface area contributed by atoms with Crippen molar-refractivity contribution < 1.29 is 9.53 Å². The first kappa shape index (κ1) is 22.5. The molecule has 1 fully saturated rings. The second kappa shape index (κ2) is 11.3. The number of nitrogens with zero attached hydrogens (tertiary/aromatic N) is 3. The first-order chi connectivity index (χ1) is 14.5. The lowest BCUT2D eigenvalue weighted by molar-refractivity contribution is -0.136. The van der Waals surface area contributed by atoms with Crippen LogP contribution < -0.4 is 0 Å². The summed E-state index contributed by atoms with van der Waals surface area (Å²) in [6.45, 7) is 6.39. The Kier molecular flexibility index (Phi) is 8.50. The number of carbonyl (C=O) groups is 1. The predicted octanol–water partition coefficient (Wildman–Crippen LogP) is 4.85. The highest BCUT2D eigenvalue weighted by Gasteiger charge is 2.25. The number of carbonyl (C=O) groups excluding carboxylic acids is 1. The van der Waals surface area contributed by atoms with E-state index in [4.69, 9.17) is 4.74 Å². The third-order valence-corrected chi connectivity index (χ3v) is 5.86. The number of rotatable bonds is 10. The van der Waals surface area contributed by atoms with Gasteiger partial charge in [0.25, 0.3) is 0 Å². The van der Waals surface area contributed by atoms with Crippen molar-refractivity contribution in [1.29, 1.82) is 0 Å². The molecule has 1 aliphatic rings. The highest BCUT2D eigenvalue weighted by Crippen LogP contribution is 2.24. The second-order valence-corrected chi connectivity index (χ2v) is 8.95. The van der Waals surface area contributed by atoms with E-state index in [0.717, 1.165) is 31.4 Å². The molecule has 0 N–H and O–H groups in total. The van der Waals surface area contributed by atoms with Crippen molar-refractivity contribution in [2.24, 2.45) is 13.0 Å². The molecule has 1 amide bonds. The van der Waals surface area contributed by atoms with Gasteiger partial charge in [-0.15, -0.1) is 0 Å². The maximum absolute atomic E-state index is 12.9. The van der Waals surface area contributed by atoms with Crippen molar-refractivity contribution in [3.8, 4) is 11.1 Å². The molecule has 164 valence electrons. The summed E-state index contributed by atoms with van der Waals surface area (Å²) < 4.78 is 7.65. The Bertz CT molecular complexity index is 793. The summed E-state index contributed by atoms with van der Waals surface area (Å²) >= 11 is 0. The minimum absolute atomic E-state index is 0.258. The van der Waals surface area contributed by atoms with Crippen molar-refractivity contribution in [2.75, 3.05) is 19.8 Å². The highest BCUT2D eigenvalue weighted by molar-refractivity contribution is 5.76. The van der Waals surface area contributed by atoms with Gasteiger partial charge in [-0.3, -0.25) is 9.48 Å². The molecule has 0 saturated heterocycles. The molecule has 1 aromatic heterocycles. The maximum atomic E-state index is 12.9. The fraction of sp³-hybridized carbons (Fsp3) is 0.600. The summed E-state index contributed by atoms with van der Waals surface area (Å²) in [6, 6.07) is 8.94. The van der Waals surface area contributed by atoms with Crippen LogP contribution in [0.4, 0.5) is 0 Å². The van der Waals surface area contributed by atoms with E-state index in [9.17, 15) is 4.79 Å². The van der Waals surface area contributed by atoms with Crippen LogP contribution >= 0.6 is 0 Å². The monoisotopic (exact) mass is 411 g/mol. The molecule has 0 atom stereocenters. The van der Waals surface area contributed by atoms with Crippen LogP contribution in [0.3, 0.4) is 0 Å². The Morgan fingerprint density at radius 2 is 2.00 bits per heavy atom. The van der Waals surface area contributed by atoms with E-state index in [1.165, 1.54) is 30.4 Å². The van der Waals surface area contributed by atoms with Crippen LogP contribution in [0.5, 0.6) is 0 Å². The van der Waals surface area contributed by atoms with Crippen molar-refractivity contribution in [1.82, 2.24) is 14.7 Å². The molecule has 30 heavy (non-hydrogen) atoms. The van der Waals surface area contributed by atoms with Crippen LogP contribution in [0, 0.1) is 5.92 Å². The number of aryl methyl sites for hydroxylation is 1. The number of ether oxygens (including phenoxy) is 1. The van der Waals surface area contributed by atoms with E-state index in [0.29, 0.717) is 31.6 Å². The van der Waals surface area contributed by atoms with Crippen LogP contribution in [0.1, 0.15) is 57.9 Å². The summed E-state index contributed by atoms with van der Waals surface area (Å²) in [5, 5.41) is 4.25. The molecule has 3 rings (SSSR count). The van der Waals surface area contributed by atoms with Crippen molar-refractivity contribution in [3.63, 3.8) is 0 Å². The van der Waals surface area contributed by atoms with Crippen molar-refractivity contribution in [2.45, 2.75) is 64.8 Å². The predicted molar refractivity (Wildman–Crippen MR) is 121 cm³/mol. The summed E-state index contributed by atoms with van der Waals surface area (Å²) in [5.74, 6) is 0.762. The zero-order valence-corrected chi connectivity index (χ0v) is 18.8. The molecule has 2 aromatic rings. The van der Waals surface area contributed by atoms with Crippen molar-refractivity contribution in [3.05, 3.63) is 42.2 Å². The lowest BCUT2D eigenvalue weighted by atomic mass is 9.93. The molecule has 5 nitrogen and oxygen atoms in total. The van der Waals surface area contributed by atoms with Gasteiger partial charge < -0.3 is 9.64 Å². The number of amides is 1. The molecular formula is C25H37N3O2. The zero-order chi connectivity index (χ0) is 21.3. The van der Waals surface area contributed by atoms with Crippen molar-refractivity contribution >= 4 is 5.91 Å². The Morgan fingerprint density at radius 1 is 1.20 bits per heavy atom. The van der Waals surface area contributed by atoms with Crippen LogP contribution in [-0.4, -0.2) is 46.4 Å². The molecule has 0 aliphatic heterocycles. The number of benzene rings is 1. The number of hydrogen-bond donors (Lipinski definition) is 0. The molecular weight excluding hydrogens is 374 g/mol. The molecule has 0 unspecified atom stereocenters. The summed E-state index contributed by atoms with van der Waals surface area (Å²) in [4.78, 5) is 15.0. The Morgan fingerprint density at radius 3 is 2.70 bits per heavy atom. The SMILES string of the molecule is CC(C)CN(C(=O)CCOCCc1cccc(-c2cnn(C)c2)c1)C1CCCCC1. The van der Waals surface area contributed by atoms with Crippen LogP contribution in [-0.2, 0) is 23.0 Å². The second-order valence-electron chi connectivity index (χ2n) is 8.95.